The first kappa shape index (κ1) is 11.7. The van der Waals surface area contributed by atoms with Gasteiger partial charge < -0.3 is 0 Å². The Balaban J connectivity index is 2.11. The van der Waals surface area contributed by atoms with Gasteiger partial charge in [0.2, 0.25) is 0 Å². The molecule has 6 nitrogen and oxygen atoms in total. The zero-order valence-corrected chi connectivity index (χ0v) is 10.8. The molecule has 0 radical (unpaired) electrons. The molecule has 0 aliphatic heterocycles. The molecule has 0 spiro atoms. The van der Waals surface area contributed by atoms with Crippen LogP contribution >= 0.6 is 11.6 Å². The van der Waals surface area contributed by atoms with Crippen molar-refractivity contribution in [2.24, 2.45) is 7.05 Å². The predicted molar refractivity (Wildman–Crippen MR) is 70.3 cm³/mol. The fraction of sp³-hybridized carbons (Fsp3) is 0.0833. The largest absolute Gasteiger partial charge is 0.275 e. The highest BCUT2D eigenvalue weighted by atomic mass is 35.5. The van der Waals surface area contributed by atoms with E-state index >= 15 is 0 Å². The maximum absolute atomic E-state index is 6.03. The Hall–Kier alpha value is -2.34. The van der Waals surface area contributed by atoms with Crippen molar-refractivity contribution >= 4 is 11.6 Å². The lowest BCUT2D eigenvalue weighted by Gasteiger charge is -2.02. The summed E-state index contributed by atoms with van der Waals surface area (Å²) in [7, 11) is 1.84. The third kappa shape index (κ3) is 2.43. The van der Waals surface area contributed by atoms with Crippen LogP contribution in [0.4, 0.5) is 0 Å². The van der Waals surface area contributed by atoms with Crippen molar-refractivity contribution in [3.8, 4) is 22.8 Å². The molecular weight excluding hydrogens is 264 g/mol. The molecule has 7 heteroatoms. The van der Waals surface area contributed by atoms with Crippen LogP contribution in [0.15, 0.2) is 37.1 Å². The fourth-order valence-corrected chi connectivity index (χ4v) is 1.83. The lowest BCUT2D eigenvalue weighted by atomic mass is 10.2. The molecule has 0 bridgehead atoms. The molecule has 0 aliphatic rings. The average molecular weight is 273 g/mol. The van der Waals surface area contributed by atoms with E-state index in [1.807, 2.05) is 13.2 Å². The SMILES string of the molecule is Cn1cc(-c2cc(Cl)nc(-c3cnccn3)n2)cn1. The van der Waals surface area contributed by atoms with Crippen LogP contribution in [0.25, 0.3) is 22.8 Å². The Morgan fingerprint density at radius 2 is 2.00 bits per heavy atom. The van der Waals surface area contributed by atoms with E-state index in [9.17, 15) is 0 Å². The topological polar surface area (TPSA) is 69.4 Å². The second-order valence-electron chi connectivity index (χ2n) is 3.89. The number of halogens is 1. The summed E-state index contributed by atoms with van der Waals surface area (Å²) in [5.41, 5.74) is 2.15. The normalized spacial score (nSPS) is 10.6. The van der Waals surface area contributed by atoms with E-state index in [-0.39, 0.29) is 0 Å². The number of aryl methyl sites for hydroxylation is 1. The van der Waals surface area contributed by atoms with Crippen LogP contribution in [0.3, 0.4) is 0 Å². The summed E-state index contributed by atoms with van der Waals surface area (Å²) in [6.45, 7) is 0. The van der Waals surface area contributed by atoms with Gasteiger partial charge in [-0.2, -0.15) is 5.10 Å². The average Bonchev–Trinajstić information content (AvgIpc) is 2.86. The minimum absolute atomic E-state index is 0.356. The summed E-state index contributed by atoms with van der Waals surface area (Å²) >= 11 is 6.03. The monoisotopic (exact) mass is 272 g/mol. The number of hydrogen-bond acceptors (Lipinski definition) is 5. The molecule has 0 saturated heterocycles. The second kappa shape index (κ2) is 4.74. The molecule has 0 aromatic carbocycles. The van der Waals surface area contributed by atoms with Gasteiger partial charge in [0.15, 0.2) is 5.82 Å². The van der Waals surface area contributed by atoms with Crippen molar-refractivity contribution in [3.05, 3.63) is 42.2 Å². The van der Waals surface area contributed by atoms with E-state index < -0.39 is 0 Å². The quantitative estimate of drug-likeness (QED) is 0.667. The van der Waals surface area contributed by atoms with E-state index in [1.165, 1.54) is 0 Å². The highest BCUT2D eigenvalue weighted by molar-refractivity contribution is 6.29. The molecule has 0 unspecified atom stereocenters. The highest BCUT2D eigenvalue weighted by Gasteiger charge is 2.09. The van der Waals surface area contributed by atoms with Crippen molar-refractivity contribution in [3.63, 3.8) is 0 Å². The first-order valence-corrected chi connectivity index (χ1v) is 5.90. The number of hydrogen-bond donors (Lipinski definition) is 0. The Kier molecular flexibility index (Phi) is 2.92. The van der Waals surface area contributed by atoms with Crippen LogP contribution in [0.5, 0.6) is 0 Å². The molecule has 0 N–H and O–H groups in total. The molecule has 3 heterocycles. The maximum Gasteiger partial charge on any atom is 0.181 e. The zero-order valence-electron chi connectivity index (χ0n) is 10.0. The molecule has 3 rings (SSSR count). The van der Waals surface area contributed by atoms with Crippen LogP contribution in [-0.4, -0.2) is 29.7 Å². The van der Waals surface area contributed by atoms with E-state index in [2.05, 4.69) is 25.0 Å². The summed E-state index contributed by atoms with van der Waals surface area (Å²) in [5, 5.41) is 4.47. The van der Waals surface area contributed by atoms with Crippen molar-refractivity contribution in [2.75, 3.05) is 0 Å². The third-order valence-electron chi connectivity index (χ3n) is 2.49. The molecule has 0 atom stereocenters. The van der Waals surface area contributed by atoms with Crippen molar-refractivity contribution in [2.45, 2.75) is 0 Å². The molecule has 3 aromatic heterocycles. The Morgan fingerprint density at radius 3 is 2.68 bits per heavy atom. The fourth-order valence-electron chi connectivity index (χ4n) is 1.65. The van der Waals surface area contributed by atoms with Gasteiger partial charge in [0.25, 0.3) is 0 Å². The lowest BCUT2D eigenvalue weighted by molar-refractivity contribution is 0.768. The van der Waals surface area contributed by atoms with E-state index in [0.29, 0.717) is 22.4 Å². The van der Waals surface area contributed by atoms with Crippen LogP contribution in [0, 0.1) is 0 Å². The van der Waals surface area contributed by atoms with Crippen LogP contribution < -0.4 is 0 Å². The first-order valence-electron chi connectivity index (χ1n) is 5.52. The Labute approximate surface area is 114 Å². The summed E-state index contributed by atoms with van der Waals surface area (Å²) in [4.78, 5) is 16.8. The van der Waals surface area contributed by atoms with Gasteiger partial charge in [0.1, 0.15) is 10.8 Å². The molecule has 3 aromatic rings. The van der Waals surface area contributed by atoms with Gasteiger partial charge in [-0.05, 0) is 0 Å². The standard InChI is InChI=1S/C12H9ClN6/c1-19-7-8(5-16-19)9-4-11(13)18-12(17-9)10-6-14-2-3-15-10/h2-7H,1H3. The van der Waals surface area contributed by atoms with E-state index in [4.69, 9.17) is 11.6 Å². The second-order valence-corrected chi connectivity index (χ2v) is 4.28. The van der Waals surface area contributed by atoms with Gasteiger partial charge in [-0.25, -0.2) is 15.0 Å². The number of rotatable bonds is 2. The minimum Gasteiger partial charge on any atom is -0.275 e. The lowest BCUT2D eigenvalue weighted by Crippen LogP contribution is -1.95. The smallest absolute Gasteiger partial charge is 0.181 e. The van der Waals surface area contributed by atoms with Gasteiger partial charge in [0, 0.05) is 37.3 Å². The molecule has 0 fully saturated rings. The Morgan fingerprint density at radius 1 is 1.11 bits per heavy atom. The number of nitrogens with zero attached hydrogens (tertiary/aromatic N) is 6. The van der Waals surface area contributed by atoms with Gasteiger partial charge in [-0.15, -0.1) is 0 Å². The van der Waals surface area contributed by atoms with Crippen molar-refractivity contribution in [1.29, 1.82) is 0 Å². The molecule has 19 heavy (non-hydrogen) atoms. The molecule has 94 valence electrons. The van der Waals surface area contributed by atoms with Crippen molar-refractivity contribution in [1.82, 2.24) is 29.7 Å². The predicted octanol–water partition coefficient (Wildman–Crippen LogP) is 1.99. The maximum atomic E-state index is 6.03. The summed E-state index contributed by atoms with van der Waals surface area (Å²) in [6.07, 6.45) is 8.36. The van der Waals surface area contributed by atoms with Crippen LogP contribution in [-0.2, 0) is 7.05 Å². The minimum atomic E-state index is 0.356. The van der Waals surface area contributed by atoms with E-state index in [1.54, 1.807) is 35.5 Å². The van der Waals surface area contributed by atoms with Gasteiger partial charge >= 0.3 is 0 Å². The van der Waals surface area contributed by atoms with E-state index in [0.717, 1.165) is 5.56 Å². The van der Waals surface area contributed by atoms with Crippen LogP contribution in [0.2, 0.25) is 5.15 Å². The molecule has 0 amide bonds. The third-order valence-corrected chi connectivity index (χ3v) is 2.68. The number of aromatic nitrogens is 6. The zero-order chi connectivity index (χ0) is 13.2. The molecule has 0 saturated carbocycles. The Bertz CT molecular complexity index is 709. The first-order chi connectivity index (χ1) is 9.22. The summed E-state index contributed by atoms with van der Waals surface area (Å²) < 4.78 is 1.70. The van der Waals surface area contributed by atoms with Gasteiger partial charge in [-0.3, -0.25) is 9.67 Å². The van der Waals surface area contributed by atoms with Gasteiger partial charge in [-0.1, -0.05) is 11.6 Å². The summed E-state index contributed by atoms with van der Waals surface area (Å²) in [6, 6.07) is 1.69. The molecular formula is C12H9ClN6. The molecule has 0 aliphatic carbocycles. The summed E-state index contributed by atoms with van der Waals surface area (Å²) in [5.74, 6) is 0.444. The highest BCUT2D eigenvalue weighted by Crippen LogP contribution is 2.22. The van der Waals surface area contributed by atoms with Gasteiger partial charge in [0.05, 0.1) is 18.1 Å². The van der Waals surface area contributed by atoms with Crippen molar-refractivity contribution < 1.29 is 0 Å². The van der Waals surface area contributed by atoms with Crippen LogP contribution in [0.1, 0.15) is 0 Å².